The molecule has 0 aromatic carbocycles. The molecule has 5 rings (SSSR count). The van der Waals surface area contributed by atoms with Crippen LogP contribution < -0.4 is 4.90 Å². The normalized spacial score (nSPS) is 21.3. The fourth-order valence-electron chi connectivity index (χ4n) is 4.58. The van der Waals surface area contributed by atoms with Crippen molar-refractivity contribution in [2.45, 2.75) is 52.1 Å². The lowest BCUT2D eigenvalue weighted by Gasteiger charge is -2.22. The molecule has 0 radical (unpaired) electrons. The van der Waals surface area contributed by atoms with Gasteiger partial charge in [0.1, 0.15) is 0 Å². The number of aryl methyl sites for hydroxylation is 1. The maximum Gasteiger partial charge on any atom is 0.228 e. The first-order valence-corrected chi connectivity index (χ1v) is 10.5. The second-order valence-electron chi connectivity index (χ2n) is 8.44. The second-order valence-corrected chi connectivity index (χ2v) is 8.82. The first-order chi connectivity index (χ1) is 13.5. The minimum absolute atomic E-state index is 0.0377. The predicted molar refractivity (Wildman–Crippen MR) is 110 cm³/mol. The van der Waals surface area contributed by atoms with Crippen LogP contribution in [0.2, 0.25) is 5.02 Å². The first kappa shape index (κ1) is 17.9. The molecule has 2 fully saturated rings. The van der Waals surface area contributed by atoms with Crippen LogP contribution in [-0.2, 0) is 17.9 Å². The van der Waals surface area contributed by atoms with Crippen molar-refractivity contribution >= 4 is 23.2 Å². The summed E-state index contributed by atoms with van der Waals surface area (Å²) < 4.78 is 0. The van der Waals surface area contributed by atoms with Crippen LogP contribution in [0.25, 0.3) is 0 Å². The van der Waals surface area contributed by atoms with E-state index in [-0.39, 0.29) is 11.8 Å². The molecule has 1 atom stereocenters. The summed E-state index contributed by atoms with van der Waals surface area (Å²) in [6.45, 7) is 6.87. The Morgan fingerprint density at radius 2 is 2.00 bits per heavy atom. The van der Waals surface area contributed by atoms with E-state index in [4.69, 9.17) is 11.6 Å². The van der Waals surface area contributed by atoms with Crippen LogP contribution in [0.4, 0.5) is 5.69 Å². The molecule has 6 heteroatoms. The standard InChI is InChI=1S/C22H25ClN4O/c1-13-19-11-27(12-20(19)25-14(2)21(13)23)22(28)16-5-6-26(10-16)18-7-17(8-24-9-18)15-3-4-15/h7-9,15-16H,3-6,10-12H2,1-2H3. The van der Waals surface area contributed by atoms with Crippen LogP contribution in [0.1, 0.15) is 53.3 Å². The number of nitrogens with zero attached hydrogens (tertiary/aromatic N) is 4. The number of carbonyl (C=O) groups is 1. The summed E-state index contributed by atoms with van der Waals surface area (Å²) in [5.41, 5.74) is 6.54. The molecule has 0 spiro atoms. The summed E-state index contributed by atoms with van der Waals surface area (Å²) in [6, 6.07) is 2.27. The summed E-state index contributed by atoms with van der Waals surface area (Å²) in [4.78, 5) is 26.5. The summed E-state index contributed by atoms with van der Waals surface area (Å²) in [5.74, 6) is 0.970. The van der Waals surface area contributed by atoms with E-state index >= 15 is 0 Å². The maximum absolute atomic E-state index is 13.2. The number of anilines is 1. The average molecular weight is 397 g/mol. The van der Waals surface area contributed by atoms with Crippen molar-refractivity contribution in [1.82, 2.24) is 14.9 Å². The van der Waals surface area contributed by atoms with Gasteiger partial charge in [0.15, 0.2) is 0 Å². The molecule has 0 N–H and O–H groups in total. The zero-order valence-electron chi connectivity index (χ0n) is 16.4. The van der Waals surface area contributed by atoms with Gasteiger partial charge in [-0.25, -0.2) is 0 Å². The molecule has 1 saturated carbocycles. The molecule has 2 aliphatic heterocycles. The minimum Gasteiger partial charge on any atom is -0.369 e. The van der Waals surface area contributed by atoms with Gasteiger partial charge in [0, 0.05) is 25.8 Å². The number of hydrogen-bond donors (Lipinski definition) is 0. The highest BCUT2D eigenvalue weighted by atomic mass is 35.5. The molecule has 146 valence electrons. The van der Waals surface area contributed by atoms with Gasteiger partial charge in [-0.05, 0) is 61.8 Å². The van der Waals surface area contributed by atoms with Crippen molar-refractivity contribution in [2.24, 2.45) is 5.92 Å². The van der Waals surface area contributed by atoms with Crippen LogP contribution in [-0.4, -0.2) is 33.9 Å². The number of fused-ring (bicyclic) bond motifs is 1. The Balaban J connectivity index is 1.28. The number of pyridine rings is 2. The second kappa shape index (κ2) is 6.73. The zero-order valence-corrected chi connectivity index (χ0v) is 17.2. The lowest BCUT2D eigenvalue weighted by Crippen LogP contribution is -2.34. The van der Waals surface area contributed by atoms with E-state index in [0.29, 0.717) is 19.0 Å². The Bertz CT molecular complexity index is 956. The highest BCUT2D eigenvalue weighted by molar-refractivity contribution is 6.32. The molecule has 2 aromatic rings. The van der Waals surface area contributed by atoms with E-state index in [0.717, 1.165) is 52.7 Å². The lowest BCUT2D eigenvalue weighted by molar-refractivity contribution is -0.135. The summed E-state index contributed by atoms with van der Waals surface area (Å²) in [5, 5.41) is 0.725. The number of amides is 1. The van der Waals surface area contributed by atoms with Crippen LogP contribution in [0.3, 0.4) is 0 Å². The van der Waals surface area contributed by atoms with E-state index in [9.17, 15) is 4.79 Å². The molecule has 2 aromatic heterocycles. The Morgan fingerprint density at radius 3 is 2.79 bits per heavy atom. The molecule has 0 bridgehead atoms. The Kier molecular flexibility index (Phi) is 4.31. The third kappa shape index (κ3) is 3.06. The molecule has 1 aliphatic carbocycles. The number of carbonyl (C=O) groups excluding carboxylic acids is 1. The maximum atomic E-state index is 13.2. The molecular formula is C22H25ClN4O. The van der Waals surface area contributed by atoms with E-state index in [1.54, 1.807) is 0 Å². The van der Waals surface area contributed by atoms with Gasteiger partial charge in [-0.1, -0.05) is 11.6 Å². The summed E-state index contributed by atoms with van der Waals surface area (Å²) in [6.07, 6.45) is 7.37. The highest BCUT2D eigenvalue weighted by Crippen LogP contribution is 2.41. The Labute approximate surface area is 170 Å². The molecule has 1 unspecified atom stereocenters. The van der Waals surface area contributed by atoms with Gasteiger partial charge in [-0.2, -0.15) is 0 Å². The summed E-state index contributed by atoms with van der Waals surface area (Å²) >= 11 is 6.36. The summed E-state index contributed by atoms with van der Waals surface area (Å²) in [7, 11) is 0. The van der Waals surface area contributed by atoms with Crippen molar-refractivity contribution in [3.05, 3.63) is 51.6 Å². The molecule has 4 heterocycles. The van der Waals surface area contributed by atoms with Gasteiger partial charge >= 0.3 is 0 Å². The first-order valence-electron chi connectivity index (χ1n) is 10.1. The molecule has 3 aliphatic rings. The van der Waals surface area contributed by atoms with Crippen molar-refractivity contribution in [3.8, 4) is 0 Å². The van der Waals surface area contributed by atoms with Gasteiger partial charge in [-0.3, -0.25) is 14.8 Å². The van der Waals surface area contributed by atoms with Crippen molar-refractivity contribution in [3.63, 3.8) is 0 Å². The van der Waals surface area contributed by atoms with Gasteiger partial charge in [-0.15, -0.1) is 0 Å². The van der Waals surface area contributed by atoms with Gasteiger partial charge in [0.25, 0.3) is 0 Å². The van der Waals surface area contributed by atoms with Gasteiger partial charge in [0.2, 0.25) is 5.91 Å². The van der Waals surface area contributed by atoms with E-state index in [2.05, 4.69) is 20.9 Å². The number of rotatable bonds is 3. The predicted octanol–water partition coefficient (Wildman–Crippen LogP) is 3.99. The topological polar surface area (TPSA) is 49.3 Å². The Hall–Kier alpha value is -2.14. The smallest absolute Gasteiger partial charge is 0.228 e. The van der Waals surface area contributed by atoms with E-state index in [1.165, 1.54) is 18.4 Å². The molecule has 28 heavy (non-hydrogen) atoms. The van der Waals surface area contributed by atoms with Crippen molar-refractivity contribution in [1.29, 1.82) is 0 Å². The van der Waals surface area contributed by atoms with Gasteiger partial charge in [0.05, 0.1) is 40.8 Å². The third-order valence-corrected chi connectivity index (χ3v) is 7.01. The largest absolute Gasteiger partial charge is 0.369 e. The molecule has 5 nitrogen and oxygen atoms in total. The van der Waals surface area contributed by atoms with Crippen LogP contribution >= 0.6 is 11.6 Å². The molecule has 1 saturated heterocycles. The monoisotopic (exact) mass is 396 g/mol. The zero-order chi connectivity index (χ0) is 19.4. The van der Waals surface area contributed by atoms with Crippen molar-refractivity contribution < 1.29 is 4.79 Å². The number of halogens is 1. The molecule has 1 amide bonds. The fourth-order valence-corrected chi connectivity index (χ4v) is 4.73. The SMILES string of the molecule is Cc1nc2c(c(C)c1Cl)CN(C(=O)C1CCN(c3cncc(C4CC4)c3)C1)C2. The average Bonchev–Trinajstić information content (AvgIpc) is 3.28. The highest BCUT2D eigenvalue weighted by Gasteiger charge is 2.35. The molecular weight excluding hydrogens is 372 g/mol. The lowest BCUT2D eigenvalue weighted by atomic mass is 10.1. The van der Waals surface area contributed by atoms with Crippen LogP contribution in [0, 0.1) is 19.8 Å². The quantitative estimate of drug-likeness (QED) is 0.787. The van der Waals surface area contributed by atoms with Crippen LogP contribution in [0.5, 0.6) is 0 Å². The van der Waals surface area contributed by atoms with Crippen LogP contribution in [0.15, 0.2) is 18.5 Å². The van der Waals surface area contributed by atoms with E-state index in [1.807, 2.05) is 31.1 Å². The number of aromatic nitrogens is 2. The van der Waals surface area contributed by atoms with E-state index < -0.39 is 0 Å². The minimum atomic E-state index is 0.0377. The fraction of sp³-hybridized carbons (Fsp3) is 0.500. The Morgan fingerprint density at radius 1 is 1.18 bits per heavy atom. The number of hydrogen-bond acceptors (Lipinski definition) is 4. The van der Waals surface area contributed by atoms with Crippen molar-refractivity contribution in [2.75, 3.05) is 18.0 Å². The van der Waals surface area contributed by atoms with Gasteiger partial charge < -0.3 is 9.80 Å². The third-order valence-electron chi connectivity index (χ3n) is 6.45.